The Morgan fingerprint density at radius 3 is 2.05 bits per heavy atom. The monoisotopic (exact) mass is 1120 g/mol. The molecule has 0 unspecified atom stereocenters. The largest absolute Gasteiger partial charge is 1.00 e. The molecule has 1 aliphatic carbocycles. The fourth-order valence-electron chi connectivity index (χ4n) is 9.43. The van der Waals surface area contributed by atoms with Crippen molar-refractivity contribution < 1.29 is 112 Å². The molecule has 0 spiro atoms. The Kier molecular flexibility index (Phi) is 22.4. The minimum Gasteiger partial charge on any atom is -0.802 e. The molecule has 1 fully saturated rings. The standard InChI is InChI=1S/C50H57N3O14S3.Na.H2O2.H2OS/c1-49(2)39-15-7-8-16-41(39)51(31-10-11-32-68(57,58)59)43(49)26-18-34-13-12-14-35(48(34)66-36-20-22-37(23-21-36)69(60,61)62)19-27-44-50(3,4)40-33-38(70(63,64)65)24-25-42(40)52(44)30-9-5-6-17-47(56)67-53-45(54)28-29-46(53)55;;2*1-2/h8,15-16,18-27,33H,5-6,9-14,17,28-32H2,1-4H3,(H,57,58,59)(H,60,61,62)(H,63,64,65);;2*1-2H/q;+1;;/p-5. The van der Waals surface area contributed by atoms with Crippen LogP contribution in [-0.4, -0.2) is 101 Å². The molecule has 0 atom stereocenters. The van der Waals surface area contributed by atoms with Gasteiger partial charge in [0.15, 0.2) is 5.71 Å². The minimum absolute atomic E-state index is 0. The van der Waals surface area contributed by atoms with Crippen molar-refractivity contribution in [3.05, 3.63) is 125 Å². The van der Waals surface area contributed by atoms with Gasteiger partial charge in [0.1, 0.15) is 44.0 Å². The van der Waals surface area contributed by atoms with Crippen LogP contribution in [0.15, 0.2) is 117 Å². The summed E-state index contributed by atoms with van der Waals surface area (Å²) in [5.41, 5.74) is 5.16. The van der Waals surface area contributed by atoms with Gasteiger partial charge in [0, 0.05) is 66.3 Å². The van der Waals surface area contributed by atoms with E-state index >= 15 is 0 Å². The van der Waals surface area contributed by atoms with Crippen LogP contribution in [0.1, 0.15) is 109 Å². The van der Waals surface area contributed by atoms with Crippen molar-refractivity contribution in [3.8, 4) is 5.75 Å². The van der Waals surface area contributed by atoms with Crippen LogP contribution in [0.2, 0.25) is 0 Å². The van der Waals surface area contributed by atoms with E-state index in [1.165, 1.54) is 36.4 Å². The molecule has 4 aliphatic rings. The van der Waals surface area contributed by atoms with Crippen molar-refractivity contribution in [2.24, 2.45) is 0 Å². The van der Waals surface area contributed by atoms with Gasteiger partial charge in [0.25, 0.3) is 11.8 Å². The van der Waals surface area contributed by atoms with Gasteiger partial charge in [-0.2, -0.15) is 18.2 Å². The second-order valence-electron chi connectivity index (χ2n) is 18.7. The van der Waals surface area contributed by atoms with Crippen molar-refractivity contribution in [1.29, 1.82) is 0 Å². The average molecular weight is 1120 g/mol. The molecule has 3 aromatic rings. The third-order valence-corrected chi connectivity index (χ3v) is 15.5. The molecule has 25 heteroatoms. The van der Waals surface area contributed by atoms with Crippen LogP contribution in [0, 0.1) is 6.07 Å². The second-order valence-corrected chi connectivity index (χ2v) is 22.9. The number of hydrogen-bond donors (Lipinski definition) is 2. The Morgan fingerprint density at radius 2 is 1.43 bits per heavy atom. The molecule has 402 valence electrons. The van der Waals surface area contributed by atoms with Crippen LogP contribution in [0.25, 0.3) is 0 Å². The molecule has 0 radical (unpaired) electrons. The molecule has 3 aliphatic heterocycles. The van der Waals surface area contributed by atoms with Gasteiger partial charge < -0.3 is 43.2 Å². The van der Waals surface area contributed by atoms with Crippen molar-refractivity contribution in [1.82, 2.24) is 5.06 Å². The van der Waals surface area contributed by atoms with Crippen molar-refractivity contribution >= 4 is 78.1 Å². The maximum atomic E-state index is 12.5. The van der Waals surface area contributed by atoms with Gasteiger partial charge in [-0.25, -0.2) is 34.6 Å². The van der Waals surface area contributed by atoms with Gasteiger partial charge in [-0.1, -0.05) is 45.8 Å². The van der Waals surface area contributed by atoms with Crippen LogP contribution in [0.4, 0.5) is 11.4 Å². The number of nitrogens with zero attached hydrogens (tertiary/aromatic N) is 3. The van der Waals surface area contributed by atoms with Gasteiger partial charge in [0.2, 0.25) is 0 Å². The molecule has 0 saturated carbocycles. The molecule has 3 heterocycles. The summed E-state index contributed by atoms with van der Waals surface area (Å²) < 4.78 is 123. The number of rotatable bonds is 19. The summed E-state index contributed by atoms with van der Waals surface area (Å²) in [6.45, 7) is 8.87. The maximum Gasteiger partial charge on any atom is 1.00 e. The van der Waals surface area contributed by atoms with Gasteiger partial charge >= 0.3 is 35.5 Å². The van der Waals surface area contributed by atoms with Gasteiger partial charge in [-0.3, -0.25) is 22.5 Å². The number of allylic oxidation sites excluding steroid dienone is 7. The topological polar surface area (TPSA) is 317 Å². The fraction of sp³-hybridized carbons (Fsp3) is 0.400. The molecular weight excluding hydrogens is 1070 g/mol. The Hall–Kier alpha value is -4.54. The minimum atomic E-state index is -4.80. The number of ether oxygens (including phenoxy) is 1. The van der Waals surface area contributed by atoms with Crippen molar-refractivity contribution in [2.75, 3.05) is 23.7 Å². The number of benzene rings is 3. The summed E-state index contributed by atoms with van der Waals surface area (Å²) in [5.74, 6) is -1.55. The first-order chi connectivity index (χ1) is 34.9. The predicted octanol–water partition coefficient (Wildman–Crippen LogP) is 2.72. The number of carbonyl (C=O) groups is 3. The first-order valence-corrected chi connectivity index (χ1v) is 28.1. The molecule has 75 heavy (non-hydrogen) atoms. The van der Waals surface area contributed by atoms with Gasteiger partial charge in [-0.15, -0.1) is 11.1 Å². The molecular formula is C50H56N3NaO17S4-4. The van der Waals surface area contributed by atoms with Crippen molar-refractivity contribution in [3.63, 3.8) is 0 Å². The Morgan fingerprint density at radius 1 is 0.787 bits per heavy atom. The zero-order chi connectivity index (χ0) is 54.8. The number of carbonyl (C=O) groups excluding carboxylic acids is 3. The van der Waals surface area contributed by atoms with Crippen LogP contribution >= 0.6 is 12.9 Å². The zero-order valence-corrected chi connectivity index (χ0v) is 47.3. The number of unbranched alkanes of at least 4 members (excludes halogenated alkanes) is 3. The first-order valence-electron chi connectivity index (χ1n) is 23.3. The van der Waals surface area contributed by atoms with E-state index in [0.29, 0.717) is 80.1 Å². The van der Waals surface area contributed by atoms with Crippen molar-refractivity contribution in [2.45, 2.75) is 119 Å². The van der Waals surface area contributed by atoms with E-state index in [1.54, 1.807) is 6.07 Å². The van der Waals surface area contributed by atoms with E-state index in [4.69, 9.17) is 24.6 Å². The summed E-state index contributed by atoms with van der Waals surface area (Å²) in [6.07, 6.45) is 11.7. The summed E-state index contributed by atoms with van der Waals surface area (Å²) in [5, 5.41) is 13.5. The van der Waals surface area contributed by atoms with Gasteiger partial charge in [-0.05, 0) is 110 Å². The number of anilines is 1. The van der Waals surface area contributed by atoms with Gasteiger partial charge in [0.05, 0.1) is 19.9 Å². The van der Waals surface area contributed by atoms with E-state index in [-0.39, 0.29) is 65.9 Å². The number of amides is 2. The van der Waals surface area contributed by atoms with E-state index < -0.39 is 69.6 Å². The summed E-state index contributed by atoms with van der Waals surface area (Å²) in [7, 11) is -13.9. The zero-order valence-electron chi connectivity index (χ0n) is 42.0. The summed E-state index contributed by atoms with van der Waals surface area (Å²) in [4.78, 5) is 42.6. The molecule has 3 aromatic carbocycles. The number of thiol groups is 1. The van der Waals surface area contributed by atoms with Crippen LogP contribution < -0.4 is 44.5 Å². The van der Waals surface area contributed by atoms with E-state index in [0.717, 1.165) is 33.8 Å². The van der Waals surface area contributed by atoms with E-state index in [2.05, 4.69) is 37.4 Å². The van der Waals surface area contributed by atoms with E-state index in [1.807, 2.05) is 61.3 Å². The second kappa shape index (κ2) is 26.7. The average Bonchev–Trinajstić information content (AvgIpc) is 3.86. The molecule has 20 nitrogen and oxygen atoms in total. The Bertz CT molecular complexity index is 3100. The third-order valence-electron chi connectivity index (χ3n) is 13.1. The molecule has 1 N–H and O–H groups in total. The molecule has 0 aromatic heterocycles. The van der Waals surface area contributed by atoms with Crippen LogP contribution in [0.5, 0.6) is 5.75 Å². The number of fused-ring (bicyclic) bond motifs is 2. The predicted molar refractivity (Wildman–Crippen MR) is 266 cm³/mol. The molecule has 7 rings (SSSR count). The summed E-state index contributed by atoms with van der Waals surface area (Å²) >= 11 is 2.28. The number of hydrogen-bond acceptors (Lipinski definition) is 19. The number of imide groups is 1. The van der Waals surface area contributed by atoms with E-state index in [9.17, 15) is 53.3 Å². The quantitative estimate of drug-likeness (QED) is 0.0167. The molecule has 1 saturated heterocycles. The smallest absolute Gasteiger partial charge is 0.802 e. The Labute approximate surface area is 465 Å². The van der Waals surface area contributed by atoms with Crippen LogP contribution in [0.3, 0.4) is 0 Å². The maximum absolute atomic E-state index is 12.5. The van der Waals surface area contributed by atoms with Crippen LogP contribution in [-0.2, 0) is 60.4 Å². The molecule has 2 amide bonds. The number of hydroxylamine groups is 2. The Balaban J connectivity index is 0.00000238. The summed E-state index contributed by atoms with van der Waals surface area (Å²) in [6, 6.07) is 18.3. The third kappa shape index (κ3) is 15.6. The molecule has 0 bridgehead atoms. The fourth-order valence-corrected chi connectivity index (χ4v) is 11.0. The SMILES string of the molecule is CC1(C)C(/C=C/C2=C(Oc3ccc(S(=O)(=O)[O-])cc3)C(=C/C=C3/N(CCCCCC(=O)ON4C(=O)CCC4=O)c4ccc(S(=O)(=O)[O-])cc4C3(C)C)/CCC2)=[N+](CCCCS(=O)(=O)[O-])c2cc[c-]cc21.[Na+].[O-]O.[O-]S. The first kappa shape index (κ1) is 63.0. The normalized spacial score (nSPS) is 18.1.